The number of nitrogens with zero attached hydrogens (tertiary/aromatic N) is 4. The Hall–Kier alpha value is -2.35. The zero-order valence-corrected chi connectivity index (χ0v) is 13.3. The van der Waals surface area contributed by atoms with Crippen molar-refractivity contribution in [1.29, 1.82) is 0 Å². The number of rotatable bonds is 5. The topological polar surface area (TPSA) is 99.4 Å². The molecule has 3 heterocycles. The lowest BCUT2D eigenvalue weighted by Gasteiger charge is -2.23. The number of hydrogen-bond acceptors (Lipinski definition) is 6. The molecule has 8 nitrogen and oxygen atoms in total. The Morgan fingerprint density at radius 2 is 2.39 bits per heavy atom. The first-order valence-electron chi connectivity index (χ1n) is 7.67. The molecule has 124 valence electrons. The second-order valence-electron chi connectivity index (χ2n) is 5.65. The number of carbonyl (C=O) groups is 1. The van der Waals surface area contributed by atoms with Gasteiger partial charge in [0.05, 0.1) is 18.7 Å². The maximum absolute atomic E-state index is 12.7. The van der Waals surface area contributed by atoms with E-state index in [9.17, 15) is 4.79 Å². The van der Waals surface area contributed by atoms with Crippen LogP contribution in [0.25, 0.3) is 0 Å². The molecule has 1 amide bonds. The lowest BCUT2D eigenvalue weighted by Crippen LogP contribution is -2.38. The zero-order valence-electron chi connectivity index (χ0n) is 13.3. The van der Waals surface area contributed by atoms with Gasteiger partial charge in [0.15, 0.2) is 11.6 Å². The predicted molar refractivity (Wildman–Crippen MR) is 82.8 cm³/mol. The fourth-order valence-electron chi connectivity index (χ4n) is 2.88. The second kappa shape index (κ2) is 6.41. The summed E-state index contributed by atoms with van der Waals surface area (Å²) in [5, 5.41) is 4.19. The van der Waals surface area contributed by atoms with Crippen molar-refractivity contribution in [1.82, 2.24) is 19.7 Å². The van der Waals surface area contributed by atoms with Crippen molar-refractivity contribution in [2.45, 2.75) is 38.5 Å². The van der Waals surface area contributed by atoms with Crippen LogP contribution in [0, 0.1) is 0 Å². The van der Waals surface area contributed by atoms with Crippen LogP contribution in [-0.2, 0) is 17.7 Å². The SMILES string of the molecule is CCc1nc(C(=O)N2C[C@H](OC)C[C@H]2Cn2ccc(N)n2)co1. The van der Waals surface area contributed by atoms with Gasteiger partial charge in [-0.3, -0.25) is 9.48 Å². The molecular weight excluding hydrogens is 298 g/mol. The number of hydrogen-bond donors (Lipinski definition) is 1. The largest absolute Gasteiger partial charge is 0.448 e. The number of likely N-dealkylation sites (tertiary alicyclic amines) is 1. The number of anilines is 1. The van der Waals surface area contributed by atoms with E-state index in [1.54, 1.807) is 22.8 Å². The van der Waals surface area contributed by atoms with Crippen molar-refractivity contribution in [2.24, 2.45) is 0 Å². The number of ether oxygens (including phenoxy) is 1. The molecule has 2 atom stereocenters. The smallest absolute Gasteiger partial charge is 0.276 e. The number of oxazole rings is 1. The van der Waals surface area contributed by atoms with Crippen LogP contribution in [0.3, 0.4) is 0 Å². The van der Waals surface area contributed by atoms with E-state index in [1.165, 1.54) is 6.26 Å². The number of methoxy groups -OCH3 is 1. The second-order valence-corrected chi connectivity index (χ2v) is 5.65. The maximum atomic E-state index is 12.7. The van der Waals surface area contributed by atoms with Gasteiger partial charge in [-0.2, -0.15) is 5.10 Å². The highest BCUT2D eigenvalue weighted by atomic mass is 16.5. The summed E-state index contributed by atoms with van der Waals surface area (Å²) in [5.74, 6) is 0.888. The molecule has 8 heteroatoms. The van der Waals surface area contributed by atoms with Gasteiger partial charge in [-0.05, 0) is 12.5 Å². The Morgan fingerprint density at radius 3 is 3.00 bits per heavy atom. The molecule has 1 saturated heterocycles. The van der Waals surface area contributed by atoms with Crippen molar-refractivity contribution in [3.8, 4) is 0 Å². The summed E-state index contributed by atoms with van der Waals surface area (Å²) in [5.41, 5.74) is 5.99. The Morgan fingerprint density at radius 1 is 1.57 bits per heavy atom. The molecule has 3 rings (SSSR count). The maximum Gasteiger partial charge on any atom is 0.276 e. The summed E-state index contributed by atoms with van der Waals surface area (Å²) >= 11 is 0. The van der Waals surface area contributed by atoms with Gasteiger partial charge in [0.2, 0.25) is 0 Å². The van der Waals surface area contributed by atoms with Gasteiger partial charge in [-0.1, -0.05) is 6.92 Å². The van der Waals surface area contributed by atoms with Crippen LogP contribution < -0.4 is 5.73 Å². The molecule has 23 heavy (non-hydrogen) atoms. The van der Waals surface area contributed by atoms with Gasteiger partial charge in [-0.15, -0.1) is 0 Å². The number of carbonyl (C=O) groups excluding carboxylic acids is 1. The molecule has 0 bridgehead atoms. The summed E-state index contributed by atoms with van der Waals surface area (Å²) in [4.78, 5) is 18.7. The first kappa shape index (κ1) is 15.5. The predicted octanol–water partition coefficient (Wildman–Crippen LogP) is 0.945. The first-order chi connectivity index (χ1) is 11.1. The van der Waals surface area contributed by atoms with E-state index in [0.717, 1.165) is 6.42 Å². The van der Waals surface area contributed by atoms with Crippen LogP contribution in [0.5, 0.6) is 0 Å². The Balaban J connectivity index is 1.77. The molecular formula is C15H21N5O3. The molecule has 0 saturated carbocycles. The van der Waals surface area contributed by atoms with Crippen LogP contribution >= 0.6 is 0 Å². The minimum Gasteiger partial charge on any atom is -0.448 e. The van der Waals surface area contributed by atoms with Gasteiger partial charge in [0.25, 0.3) is 5.91 Å². The van der Waals surface area contributed by atoms with E-state index >= 15 is 0 Å². The molecule has 0 aliphatic carbocycles. The molecule has 0 unspecified atom stereocenters. The van der Waals surface area contributed by atoms with Crippen LogP contribution in [0.4, 0.5) is 5.82 Å². The number of aromatic nitrogens is 3. The fraction of sp³-hybridized carbons (Fsp3) is 0.533. The van der Waals surface area contributed by atoms with E-state index in [-0.39, 0.29) is 18.1 Å². The third-order valence-corrected chi connectivity index (χ3v) is 4.10. The van der Waals surface area contributed by atoms with E-state index in [4.69, 9.17) is 14.9 Å². The van der Waals surface area contributed by atoms with Crippen LogP contribution in [-0.4, -0.2) is 51.4 Å². The summed E-state index contributed by atoms with van der Waals surface area (Å²) in [6, 6.07) is 1.72. The van der Waals surface area contributed by atoms with Crippen molar-refractivity contribution < 1.29 is 13.9 Å². The van der Waals surface area contributed by atoms with Crippen LogP contribution in [0.1, 0.15) is 29.7 Å². The minimum atomic E-state index is -0.141. The Kier molecular flexibility index (Phi) is 4.33. The quantitative estimate of drug-likeness (QED) is 0.880. The number of amides is 1. The number of aryl methyl sites for hydroxylation is 1. The normalized spacial score (nSPS) is 21.0. The van der Waals surface area contributed by atoms with E-state index in [1.807, 2.05) is 13.1 Å². The zero-order chi connectivity index (χ0) is 16.4. The van der Waals surface area contributed by atoms with Gasteiger partial charge in [0.1, 0.15) is 12.1 Å². The highest BCUT2D eigenvalue weighted by Crippen LogP contribution is 2.23. The van der Waals surface area contributed by atoms with Crippen molar-refractivity contribution in [2.75, 3.05) is 19.4 Å². The summed E-state index contributed by atoms with van der Waals surface area (Å²) in [7, 11) is 1.66. The average Bonchev–Trinajstić information content (AvgIpc) is 3.26. The fourth-order valence-corrected chi connectivity index (χ4v) is 2.88. The molecule has 2 aromatic heterocycles. The van der Waals surface area contributed by atoms with Gasteiger partial charge >= 0.3 is 0 Å². The van der Waals surface area contributed by atoms with Crippen molar-refractivity contribution in [3.63, 3.8) is 0 Å². The number of nitrogens with two attached hydrogens (primary N) is 1. The summed E-state index contributed by atoms with van der Waals surface area (Å²) < 4.78 is 12.5. The highest BCUT2D eigenvalue weighted by molar-refractivity contribution is 5.92. The minimum absolute atomic E-state index is 0.00871. The van der Waals surface area contributed by atoms with E-state index in [2.05, 4.69) is 10.1 Å². The van der Waals surface area contributed by atoms with Crippen molar-refractivity contribution in [3.05, 3.63) is 30.1 Å². The third kappa shape index (κ3) is 3.21. The monoisotopic (exact) mass is 319 g/mol. The lowest BCUT2D eigenvalue weighted by atomic mass is 10.2. The summed E-state index contributed by atoms with van der Waals surface area (Å²) in [6.07, 6.45) is 4.65. The molecule has 2 aromatic rings. The average molecular weight is 319 g/mol. The Labute approximate surface area is 134 Å². The van der Waals surface area contributed by atoms with Crippen LogP contribution in [0.15, 0.2) is 22.9 Å². The highest BCUT2D eigenvalue weighted by Gasteiger charge is 2.37. The molecule has 0 radical (unpaired) electrons. The van der Waals surface area contributed by atoms with Crippen molar-refractivity contribution >= 4 is 11.7 Å². The van der Waals surface area contributed by atoms with Gasteiger partial charge < -0.3 is 19.8 Å². The van der Waals surface area contributed by atoms with E-state index in [0.29, 0.717) is 36.9 Å². The van der Waals surface area contributed by atoms with E-state index < -0.39 is 0 Å². The first-order valence-corrected chi connectivity index (χ1v) is 7.67. The molecule has 2 N–H and O–H groups in total. The molecule has 0 spiro atoms. The third-order valence-electron chi connectivity index (χ3n) is 4.10. The molecule has 1 aliphatic heterocycles. The van der Waals surface area contributed by atoms with Gasteiger partial charge in [-0.25, -0.2) is 4.98 Å². The molecule has 0 aromatic carbocycles. The lowest BCUT2D eigenvalue weighted by molar-refractivity contribution is 0.0673. The van der Waals surface area contributed by atoms with Gasteiger partial charge in [0, 0.05) is 26.3 Å². The summed E-state index contributed by atoms with van der Waals surface area (Å²) in [6.45, 7) is 3.04. The standard InChI is InChI=1S/C15H21N5O3/c1-3-14-17-12(9-23-14)15(21)20-8-11(22-2)6-10(20)7-19-5-4-13(16)18-19/h4-5,9-11H,3,6-8H2,1-2H3,(H2,16,18)/t10-,11+/m0/s1. The number of nitrogen functional groups attached to an aromatic ring is 1. The molecule has 1 fully saturated rings. The Bertz CT molecular complexity index is 680. The molecule has 1 aliphatic rings. The van der Waals surface area contributed by atoms with Crippen LogP contribution in [0.2, 0.25) is 0 Å².